The zero-order valence-corrected chi connectivity index (χ0v) is 6.51. The Morgan fingerprint density at radius 1 is 1.25 bits per heavy atom. The van der Waals surface area contributed by atoms with Crippen LogP contribution in [0.25, 0.3) is 0 Å². The van der Waals surface area contributed by atoms with E-state index in [2.05, 4.69) is 0 Å². The van der Waals surface area contributed by atoms with Crippen molar-refractivity contribution in [1.82, 2.24) is 0 Å². The monoisotopic (exact) mass is 252 g/mol. The molecule has 0 N–H and O–H groups in total. The molecule has 1 aliphatic heterocycles. The van der Waals surface area contributed by atoms with Crippen LogP contribution in [0.15, 0.2) is 0 Å². The van der Waals surface area contributed by atoms with Crippen LogP contribution in [0.5, 0.6) is 0 Å². The molecule has 0 spiro atoms. The third kappa shape index (κ3) is 0.429. The van der Waals surface area contributed by atoms with E-state index in [4.69, 9.17) is 0 Å². The molecule has 1 aliphatic rings. The molecule has 0 nitrogen and oxygen atoms in total. The fourth-order valence-corrected chi connectivity index (χ4v) is 1.55. The van der Waals surface area contributed by atoms with Crippen molar-refractivity contribution in [3.05, 3.63) is 0 Å². The van der Waals surface area contributed by atoms with Crippen LogP contribution < -0.4 is 0 Å². The third-order valence-electron chi connectivity index (χ3n) is 0.707. The first-order chi connectivity index (χ1) is 2.00. The second-order valence-corrected chi connectivity index (χ2v) is 6.93. The third-order valence-corrected chi connectivity index (χ3v) is 6.20. The van der Waals surface area contributed by atoms with Gasteiger partial charge in [-0.1, -0.05) is 0 Å². The molecule has 4 heavy (non-hydrogen) atoms. The van der Waals surface area contributed by atoms with Gasteiger partial charge in [0.25, 0.3) is 0 Å². The van der Waals surface area contributed by atoms with Crippen molar-refractivity contribution in [1.29, 1.82) is 0 Å². The average molecular weight is 252 g/mol. The molecule has 0 aromatic heterocycles. The van der Waals surface area contributed by atoms with Gasteiger partial charge in [-0.3, -0.25) is 0 Å². The zero-order valence-electron chi connectivity index (χ0n) is 2.62. The van der Waals surface area contributed by atoms with Crippen molar-refractivity contribution in [2.45, 2.75) is 14.7 Å². The van der Waals surface area contributed by atoms with E-state index < -0.39 is 0 Å². The van der Waals surface area contributed by atoms with E-state index in [0.29, 0.717) is 0 Å². The van der Waals surface area contributed by atoms with Crippen molar-refractivity contribution < 1.29 is 0 Å². The quantitative estimate of drug-likeness (QED) is 0.556. The molecule has 1 heterocycles. The van der Waals surface area contributed by atoms with Gasteiger partial charge >= 0.3 is 37.9 Å². The van der Waals surface area contributed by atoms with E-state index in [1.807, 2.05) is 0 Å². The first kappa shape index (κ1) is 3.09. The van der Waals surface area contributed by atoms with Crippen molar-refractivity contribution in [2.24, 2.45) is 0 Å². The Hall–Kier alpha value is 0.883. The molecule has 1 saturated heterocycles. The van der Waals surface area contributed by atoms with Gasteiger partial charge in [0.05, 0.1) is 0 Å². The van der Waals surface area contributed by atoms with Gasteiger partial charge in [0, 0.05) is 0 Å². The fourth-order valence-electron chi connectivity index (χ4n) is 0.177. The second kappa shape index (κ2) is 1.35. The summed E-state index contributed by atoms with van der Waals surface area (Å²) in [5.41, 5.74) is 0. The minimum atomic E-state index is 0.247. The average Bonchev–Trinajstić information content (AvgIpc) is 0.722. The van der Waals surface area contributed by atoms with Crippen LogP contribution in [-0.2, 0) is 0 Å². The molecular formula is C3H7Bi. The Labute approximate surface area is 38.2 Å². The molecule has 0 aromatic rings. The van der Waals surface area contributed by atoms with E-state index in [9.17, 15) is 0 Å². The Morgan fingerprint density at radius 3 is 1.50 bits per heavy atom. The summed E-state index contributed by atoms with van der Waals surface area (Å²) in [6.07, 6.45) is 1.59. The van der Waals surface area contributed by atoms with E-state index in [1.54, 1.807) is 14.7 Å². The molecule has 1 fully saturated rings. The summed E-state index contributed by atoms with van der Waals surface area (Å²) in [6, 6.07) is 0. The van der Waals surface area contributed by atoms with Crippen LogP contribution in [0.1, 0.15) is 6.42 Å². The molecule has 0 saturated carbocycles. The van der Waals surface area contributed by atoms with Gasteiger partial charge in [-0.05, 0) is 0 Å². The van der Waals surface area contributed by atoms with Crippen LogP contribution in [0, 0.1) is 0 Å². The topological polar surface area (TPSA) is 0 Å². The maximum absolute atomic E-state index is 1.69. The molecular weight excluding hydrogens is 245 g/mol. The Kier molecular flexibility index (Phi) is 1.04. The Balaban J connectivity index is 2.00. The summed E-state index contributed by atoms with van der Waals surface area (Å²) < 4.78 is 3.39. The van der Waals surface area contributed by atoms with Crippen molar-refractivity contribution in [2.75, 3.05) is 0 Å². The SMILES string of the molecule is C1[CH2][BiH][CH2]1. The number of hydrogen-bond acceptors (Lipinski definition) is 0. The summed E-state index contributed by atoms with van der Waals surface area (Å²) in [4.78, 5) is 0. The van der Waals surface area contributed by atoms with E-state index in [0.717, 1.165) is 0 Å². The van der Waals surface area contributed by atoms with Crippen molar-refractivity contribution >= 4 is 23.2 Å². The Bertz CT molecular complexity index is 11.2. The molecule has 0 aromatic carbocycles. The van der Waals surface area contributed by atoms with E-state index >= 15 is 0 Å². The summed E-state index contributed by atoms with van der Waals surface area (Å²) in [5, 5.41) is 0. The first-order valence-corrected chi connectivity index (χ1v) is 7.20. The van der Waals surface area contributed by atoms with Crippen LogP contribution in [0.4, 0.5) is 0 Å². The summed E-state index contributed by atoms with van der Waals surface area (Å²) in [7, 11) is 0. The summed E-state index contributed by atoms with van der Waals surface area (Å²) >= 11 is 0.247. The molecule has 0 radical (unpaired) electrons. The van der Waals surface area contributed by atoms with E-state index in [-0.39, 0.29) is 23.2 Å². The van der Waals surface area contributed by atoms with Gasteiger partial charge in [0.1, 0.15) is 0 Å². The van der Waals surface area contributed by atoms with Crippen LogP contribution in [-0.4, -0.2) is 23.2 Å². The van der Waals surface area contributed by atoms with Gasteiger partial charge < -0.3 is 0 Å². The van der Waals surface area contributed by atoms with Gasteiger partial charge in [-0.15, -0.1) is 0 Å². The van der Waals surface area contributed by atoms with Crippen LogP contribution in [0.3, 0.4) is 0 Å². The molecule has 0 atom stereocenters. The zero-order chi connectivity index (χ0) is 2.83. The van der Waals surface area contributed by atoms with Crippen molar-refractivity contribution in [3.8, 4) is 0 Å². The van der Waals surface area contributed by atoms with Crippen molar-refractivity contribution in [3.63, 3.8) is 0 Å². The fraction of sp³-hybridized carbons (Fsp3) is 1.00. The molecule has 0 aliphatic carbocycles. The van der Waals surface area contributed by atoms with Gasteiger partial charge in [-0.2, -0.15) is 0 Å². The first-order valence-electron chi connectivity index (χ1n) is 1.71. The standard InChI is InChI=1S/C3H6.Bi.H/c1-3-2;;/h1-3H2;;. The molecule has 1 rings (SSSR count). The second-order valence-electron chi connectivity index (χ2n) is 1.10. The molecule has 24 valence electrons. The molecule has 1 heteroatoms. The minimum absolute atomic E-state index is 0.247. The summed E-state index contributed by atoms with van der Waals surface area (Å²) in [5.74, 6) is 0. The van der Waals surface area contributed by atoms with Crippen LogP contribution in [0.2, 0.25) is 8.26 Å². The van der Waals surface area contributed by atoms with Crippen LogP contribution >= 0.6 is 0 Å². The van der Waals surface area contributed by atoms with Gasteiger partial charge in [0.15, 0.2) is 0 Å². The predicted molar refractivity (Wildman–Crippen MR) is 21.4 cm³/mol. The predicted octanol–water partition coefficient (Wildman–Crippen LogP) is 0.663. The molecule has 0 amide bonds. The van der Waals surface area contributed by atoms with Gasteiger partial charge in [0.2, 0.25) is 0 Å². The normalized spacial score (nSPS) is 24.0. The van der Waals surface area contributed by atoms with E-state index in [1.165, 1.54) is 0 Å². The summed E-state index contributed by atoms with van der Waals surface area (Å²) in [6.45, 7) is 0. The van der Waals surface area contributed by atoms with Gasteiger partial charge in [-0.25, -0.2) is 0 Å². The Morgan fingerprint density at radius 2 is 1.50 bits per heavy atom. The number of hydrogen-bond donors (Lipinski definition) is 0. The molecule has 0 bridgehead atoms. The maximum atomic E-state index is 1.69. The number of rotatable bonds is 0. The molecule has 0 unspecified atom stereocenters.